The quantitative estimate of drug-likeness (QED) is 0.512. The molecular weight excluding hydrogens is 354 g/mol. The standard InChI is InChI=1S/C15H13NO10/c17-12(21-4-9-6-23-14(19)25-9)8-1-2-11(16-3-8)13(18)22-5-10-7-24-15(20)26-10/h1-3,9-10H,4-7H2. The summed E-state index contributed by atoms with van der Waals surface area (Å²) in [5.41, 5.74) is 0.0647. The Morgan fingerprint density at radius 3 is 2.00 bits per heavy atom. The number of carbonyl (C=O) groups excluding carboxylic acids is 4. The van der Waals surface area contributed by atoms with E-state index in [0.717, 1.165) is 6.20 Å². The summed E-state index contributed by atoms with van der Waals surface area (Å²) in [5, 5.41) is 0. The van der Waals surface area contributed by atoms with Crippen molar-refractivity contribution in [2.24, 2.45) is 0 Å². The number of pyridine rings is 1. The summed E-state index contributed by atoms with van der Waals surface area (Å²) in [6, 6.07) is 2.62. The molecule has 11 heteroatoms. The highest BCUT2D eigenvalue weighted by Crippen LogP contribution is 2.10. The Labute approximate surface area is 146 Å². The number of hydrogen-bond donors (Lipinski definition) is 0. The highest BCUT2D eigenvalue weighted by molar-refractivity contribution is 5.91. The Kier molecular flexibility index (Phi) is 5.15. The maximum Gasteiger partial charge on any atom is 0.508 e. The van der Waals surface area contributed by atoms with Crippen LogP contribution in [0.3, 0.4) is 0 Å². The normalized spacial score (nSPS) is 21.2. The number of ether oxygens (including phenoxy) is 6. The van der Waals surface area contributed by atoms with Gasteiger partial charge in [-0.05, 0) is 12.1 Å². The second-order valence-corrected chi connectivity index (χ2v) is 5.23. The van der Waals surface area contributed by atoms with Gasteiger partial charge in [0, 0.05) is 6.20 Å². The summed E-state index contributed by atoms with van der Waals surface area (Å²) in [6.45, 7) is -0.309. The van der Waals surface area contributed by atoms with E-state index in [0.29, 0.717) is 0 Å². The third kappa shape index (κ3) is 4.37. The lowest BCUT2D eigenvalue weighted by Gasteiger charge is -2.09. The van der Waals surface area contributed by atoms with E-state index in [4.69, 9.17) is 18.9 Å². The molecule has 0 spiro atoms. The molecule has 0 aliphatic carbocycles. The number of esters is 2. The van der Waals surface area contributed by atoms with Gasteiger partial charge in [0.25, 0.3) is 0 Å². The molecule has 0 saturated carbocycles. The van der Waals surface area contributed by atoms with Crippen molar-refractivity contribution >= 4 is 24.2 Å². The van der Waals surface area contributed by atoms with Crippen LogP contribution in [0.5, 0.6) is 0 Å². The van der Waals surface area contributed by atoms with Crippen molar-refractivity contribution in [3.05, 3.63) is 29.6 Å². The van der Waals surface area contributed by atoms with Crippen LogP contribution in [-0.4, -0.2) is 67.9 Å². The van der Waals surface area contributed by atoms with Gasteiger partial charge >= 0.3 is 24.2 Å². The van der Waals surface area contributed by atoms with Crippen LogP contribution in [0, 0.1) is 0 Å². The zero-order valence-corrected chi connectivity index (χ0v) is 13.2. The van der Waals surface area contributed by atoms with Gasteiger partial charge in [-0.15, -0.1) is 0 Å². The van der Waals surface area contributed by atoms with E-state index >= 15 is 0 Å². The van der Waals surface area contributed by atoms with Crippen LogP contribution in [0.2, 0.25) is 0 Å². The molecule has 1 aromatic rings. The molecule has 138 valence electrons. The smallest absolute Gasteiger partial charge is 0.458 e. The molecule has 1 aromatic heterocycles. The van der Waals surface area contributed by atoms with Gasteiger partial charge in [-0.1, -0.05) is 0 Å². The van der Waals surface area contributed by atoms with Crippen molar-refractivity contribution in [2.75, 3.05) is 26.4 Å². The van der Waals surface area contributed by atoms with Crippen LogP contribution in [0.15, 0.2) is 18.3 Å². The van der Waals surface area contributed by atoms with Crippen molar-refractivity contribution in [3.8, 4) is 0 Å². The summed E-state index contributed by atoms with van der Waals surface area (Å²) in [4.78, 5) is 49.1. The van der Waals surface area contributed by atoms with Gasteiger partial charge in [0.2, 0.25) is 0 Å². The lowest BCUT2D eigenvalue weighted by molar-refractivity contribution is 0.0287. The predicted molar refractivity (Wildman–Crippen MR) is 77.2 cm³/mol. The molecule has 0 bridgehead atoms. The molecule has 3 heterocycles. The van der Waals surface area contributed by atoms with Crippen LogP contribution < -0.4 is 0 Å². The minimum atomic E-state index is -0.814. The molecule has 0 radical (unpaired) electrons. The second kappa shape index (κ2) is 7.68. The van der Waals surface area contributed by atoms with E-state index in [9.17, 15) is 19.2 Å². The van der Waals surface area contributed by atoms with E-state index in [1.165, 1.54) is 12.1 Å². The van der Waals surface area contributed by atoms with Crippen LogP contribution in [0.25, 0.3) is 0 Å². The number of cyclic esters (lactones) is 4. The van der Waals surface area contributed by atoms with Gasteiger partial charge in [0.15, 0.2) is 12.2 Å². The predicted octanol–water partition coefficient (Wildman–Crippen LogP) is 0.466. The molecule has 2 saturated heterocycles. The highest BCUT2D eigenvalue weighted by atomic mass is 16.8. The molecule has 11 nitrogen and oxygen atoms in total. The third-order valence-electron chi connectivity index (χ3n) is 3.31. The van der Waals surface area contributed by atoms with E-state index < -0.39 is 36.5 Å². The number of aromatic nitrogens is 1. The fraction of sp³-hybridized carbons (Fsp3) is 0.400. The lowest BCUT2D eigenvalue weighted by atomic mass is 10.2. The maximum atomic E-state index is 11.9. The molecule has 26 heavy (non-hydrogen) atoms. The van der Waals surface area contributed by atoms with E-state index in [1.54, 1.807) is 0 Å². The second-order valence-electron chi connectivity index (χ2n) is 5.23. The first-order chi connectivity index (χ1) is 12.5. The van der Waals surface area contributed by atoms with Gasteiger partial charge in [-0.25, -0.2) is 24.2 Å². The summed E-state index contributed by atoms with van der Waals surface area (Å²) in [5.74, 6) is -1.45. The Morgan fingerprint density at radius 2 is 1.54 bits per heavy atom. The van der Waals surface area contributed by atoms with Gasteiger partial charge in [0.1, 0.15) is 32.1 Å². The zero-order chi connectivity index (χ0) is 18.5. The summed E-state index contributed by atoms with van der Waals surface area (Å²) >= 11 is 0. The monoisotopic (exact) mass is 367 g/mol. The van der Waals surface area contributed by atoms with Crippen molar-refractivity contribution in [1.82, 2.24) is 4.98 Å². The molecule has 2 unspecified atom stereocenters. The minimum absolute atomic E-state index is 0.00562. The molecule has 2 aliphatic rings. The van der Waals surface area contributed by atoms with Crippen molar-refractivity contribution in [2.45, 2.75) is 12.2 Å². The van der Waals surface area contributed by atoms with E-state index in [2.05, 4.69) is 14.5 Å². The Hall–Kier alpha value is -3.37. The van der Waals surface area contributed by atoms with Gasteiger partial charge < -0.3 is 28.4 Å². The van der Waals surface area contributed by atoms with Crippen LogP contribution in [-0.2, 0) is 28.4 Å². The highest BCUT2D eigenvalue weighted by Gasteiger charge is 2.27. The number of nitrogens with zero attached hydrogens (tertiary/aromatic N) is 1. The summed E-state index contributed by atoms with van der Waals surface area (Å²) < 4.78 is 28.5. The molecule has 0 amide bonds. The minimum Gasteiger partial charge on any atom is -0.458 e. The average molecular weight is 367 g/mol. The molecule has 2 fully saturated rings. The number of carbonyl (C=O) groups is 4. The van der Waals surface area contributed by atoms with E-state index in [1.807, 2.05) is 0 Å². The van der Waals surface area contributed by atoms with Crippen LogP contribution >= 0.6 is 0 Å². The van der Waals surface area contributed by atoms with Gasteiger partial charge in [-0.2, -0.15) is 0 Å². The molecular formula is C15H13NO10. The van der Waals surface area contributed by atoms with Gasteiger partial charge in [0.05, 0.1) is 5.56 Å². The first-order valence-corrected chi connectivity index (χ1v) is 7.48. The molecule has 3 rings (SSSR count). The van der Waals surface area contributed by atoms with Crippen molar-refractivity contribution in [1.29, 1.82) is 0 Å². The zero-order valence-electron chi connectivity index (χ0n) is 13.2. The molecule has 2 aliphatic heterocycles. The number of hydrogen-bond acceptors (Lipinski definition) is 11. The summed E-state index contributed by atoms with van der Waals surface area (Å²) in [7, 11) is 0. The molecule has 2 atom stereocenters. The van der Waals surface area contributed by atoms with Crippen molar-refractivity contribution in [3.63, 3.8) is 0 Å². The third-order valence-corrected chi connectivity index (χ3v) is 3.31. The maximum absolute atomic E-state index is 11.9. The van der Waals surface area contributed by atoms with Crippen LogP contribution in [0.1, 0.15) is 20.8 Å². The summed E-state index contributed by atoms with van der Waals surface area (Å²) in [6.07, 6.45) is -1.79. The first-order valence-electron chi connectivity index (χ1n) is 7.48. The topological polar surface area (TPSA) is 137 Å². The largest absolute Gasteiger partial charge is 0.508 e. The van der Waals surface area contributed by atoms with E-state index in [-0.39, 0.29) is 37.7 Å². The van der Waals surface area contributed by atoms with Gasteiger partial charge in [-0.3, -0.25) is 0 Å². The molecule has 0 N–H and O–H groups in total. The molecule has 0 aromatic carbocycles. The Balaban J connectivity index is 1.46. The number of rotatable bonds is 6. The van der Waals surface area contributed by atoms with Crippen molar-refractivity contribution < 1.29 is 47.6 Å². The van der Waals surface area contributed by atoms with Crippen LogP contribution in [0.4, 0.5) is 9.59 Å². The Morgan fingerprint density at radius 1 is 0.962 bits per heavy atom. The fourth-order valence-corrected chi connectivity index (χ4v) is 2.02. The fourth-order valence-electron chi connectivity index (χ4n) is 2.02. The SMILES string of the molecule is O=C1OCC(COC(=O)c2ccc(C(=O)OCC3COC(=O)O3)nc2)O1. The lowest BCUT2D eigenvalue weighted by Crippen LogP contribution is -2.22. The average Bonchev–Trinajstić information content (AvgIpc) is 3.25. The first kappa shape index (κ1) is 17.5. The Bertz CT molecular complexity index is 655.